The van der Waals surface area contributed by atoms with Crippen molar-refractivity contribution in [1.29, 1.82) is 0 Å². The minimum Gasteiger partial charge on any atom is -0.399 e. The summed E-state index contributed by atoms with van der Waals surface area (Å²) in [6.45, 7) is 5.25. The number of fused-ring (bicyclic) bond motifs is 1. The van der Waals surface area contributed by atoms with Gasteiger partial charge in [0.2, 0.25) is 0 Å². The van der Waals surface area contributed by atoms with Crippen LogP contribution in [0, 0.1) is 0 Å². The molecule has 0 unspecified atom stereocenters. The quantitative estimate of drug-likeness (QED) is 0.530. The Morgan fingerprint density at radius 3 is 2.85 bits per heavy atom. The highest BCUT2D eigenvalue weighted by molar-refractivity contribution is 5.75. The molecule has 1 aliphatic heterocycles. The van der Waals surface area contributed by atoms with Gasteiger partial charge in [-0.2, -0.15) is 0 Å². The molecule has 13 heavy (non-hydrogen) atoms. The first-order valence-corrected chi connectivity index (χ1v) is 4.48. The van der Waals surface area contributed by atoms with Crippen molar-refractivity contribution >= 4 is 17.1 Å². The zero-order valence-electron chi connectivity index (χ0n) is 8.02. The van der Waals surface area contributed by atoms with Crippen molar-refractivity contribution in [2.45, 2.75) is 19.4 Å². The Hall–Kier alpha value is -1.38. The smallest absolute Gasteiger partial charge is 0.0601 e. The first-order valence-electron chi connectivity index (χ1n) is 4.48. The van der Waals surface area contributed by atoms with E-state index < -0.39 is 0 Å². The zero-order chi connectivity index (χ0) is 9.47. The molecule has 2 rings (SSSR count). The maximum absolute atomic E-state index is 5.70. The van der Waals surface area contributed by atoms with Crippen LogP contribution in [-0.4, -0.2) is 12.1 Å². The number of hydrogen-bond acceptors (Lipinski definition) is 3. The summed E-state index contributed by atoms with van der Waals surface area (Å²) in [7, 11) is 0. The van der Waals surface area contributed by atoms with Gasteiger partial charge >= 0.3 is 0 Å². The maximum atomic E-state index is 5.70. The molecule has 0 atom stereocenters. The van der Waals surface area contributed by atoms with E-state index in [1.165, 1.54) is 0 Å². The summed E-state index contributed by atoms with van der Waals surface area (Å²) in [5.41, 5.74) is 8.82. The Labute approximate surface area is 78.3 Å². The Morgan fingerprint density at radius 2 is 2.08 bits per heavy atom. The third kappa shape index (κ3) is 1.54. The molecular formula is C10H15N3. The predicted octanol–water partition coefficient (Wildman–Crippen LogP) is 1.88. The number of rotatable bonds is 0. The molecule has 0 fully saturated rings. The van der Waals surface area contributed by atoms with Gasteiger partial charge in [0.1, 0.15) is 0 Å². The minimum atomic E-state index is 0.0980. The summed E-state index contributed by atoms with van der Waals surface area (Å²) in [6, 6.07) is 5.88. The van der Waals surface area contributed by atoms with Gasteiger partial charge in [-0.3, -0.25) is 0 Å². The molecule has 3 heteroatoms. The van der Waals surface area contributed by atoms with Gasteiger partial charge < -0.3 is 16.4 Å². The number of benzene rings is 1. The highest BCUT2D eigenvalue weighted by atomic mass is 15.1. The normalized spacial score (nSPS) is 18.3. The number of nitrogens with two attached hydrogens (primary N) is 1. The lowest BCUT2D eigenvalue weighted by atomic mass is 10.0. The predicted molar refractivity (Wildman–Crippen MR) is 57.0 cm³/mol. The van der Waals surface area contributed by atoms with E-state index in [2.05, 4.69) is 24.5 Å². The topological polar surface area (TPSA) is 50.1 Å². The van der Waals surface area contributed by atoms with Crippen molar-refractivity contribution in [2.75, 3.05) is 22.9 Å². The van der Waals surface area contributed by atoms with E-state index in [-0.39, 0.29) is 5.54 Å². The Kier molecular flexibility index (Phi) is 1.62. The summed E-state index contributed by atoms with van der Waals surface area (Å²) >= 11 is 0. The van der Waals surface area contributed by atoms with E-state index in [9.17, 15) is 0 Å². The summed E-state index contributed by atoms with van der Waals surface area (Å²) < 4.78 is 0. The van der Waals surface area contributed by atoms with E-state index in [0.717, 1.165) is 23.6 Å². The standard InChI is InChI=1S/C10H15N3/c1-10(2)6-12-8-4-3-7(11)5-9(8)13-10/h3-5,12-13H,6,11H2,1-2H3. The maximum Gasteiger partial charge on any atom is 0.0601 e. The van der Waals surface area contributed by atoms with Gasteiger partial charge in [-0.15, -0.1) is 0 Å². The van der Waals surface area contributed by atoms with Crippen molar-refractivity contribution in [1.82, 2.24) is 0 Å². The second-order valence-electron chi connectivity index (χ2n) is 4.17. The van der Waals surface area contributed by atoms with Crippen LogP contribution in [0.25, 0.3) is 0 Å². The van der Waals surface area contributed by atoms with E-state index in [1.54, 1.807) is 0 Å². The molecule has 1 aromatic carbocycles. The molecular weight excluding hydrogens is 162 g/mol. The summed E-state index contributed by atoms with van der Waals surface area (Å²) in [5.74, 6) is 0. The largest absolute Gasteiger partial charge is 0.399 e. The molecule has 1 heterocycles. The number of nitrogen functional groups attached to an aromatic ring is 1. The molecule has 0 saturated carbocycles. The summed E-state index contributed by atoms with van der Waals surface area (Å²) in [5, 5.41) is 6.80. The lowest BCUT2D eigenvalue weighted by Gasteiger charge is -2.34. The molecule has 0 spiro atoms. The van der Waals surface area contributed by atoms with E-state index >= 15 is 0 Å². The summed E-state index contributed by atoms with van der Waals surface area (Å²) in [4.78, 5) is 0. The highest BCUT2D eigenvalue weighted by Crippen LogP contribution is 2.31. The zero-order valence-corrected chi connectivity index (χ0v) is 8.02. The van der Waals surface area contributed by atoms with Gasteiger partial charge in [-0.1, -0.05) is 0 Å². The third-order valence-corrected chi connectivity index (χ3v) is 2.24. The molecule has 4 N–H and O–H groups in total. The van der Waals surface area contributed by atoms with Gasteiger partial charge in [0.15, 0.2) is 0 Å². The van der Waals surface area contributed by atoms with Crippen molar-refractivity contribution in [3.63, 3.8) is 0 Å². The molecule has 0 amide bonds. The first kappa shape index (κ1) is 8.23. The van der Waals surface area contributed by atoms with Crippen LogP contribution in [0.4, 0.5) is 17.1 Å². The Balaban J connectivity index is 2.38. The molecule has 0 aromatic heterocycles. The van der Waals surface area contributed by atoms with Crippen molar-refractivity contribution in [2.24, 2.45) is 0 Å². The fraction of sp³-hybridized carbons (Fsp3) is 0.400. The second-order valence-corrected chi connectivity index (χ2v) is 4.17. The average Bonchev–Trinajstić information content (AvgIpc) is 2.01. The molecule has 1 aliphatic rings. The van der Waals surface area contributed by atoms with Gasteiger partial charge in [0, 0.05) is 17.8 Å². The lowest BCUT2D eigenvalue weighted by Crippen LogP contribution is -2.42. The average molecular weight is 177 g/mol. The van der Waals surface area contributed by atoms with Crippen LogP contribution in [0.1, 0.15) is 13.8 Å². The van der Waals surface area contributed by atoms with E-state index in [1.807, 2.05) is 18.2 Å². The van der Waals surface area contributed by atoms with Crippen molar-refractivity contribution in [3.05, 3.63) is 18.2 Å². The molecule has 70 valence electrons. The van der Waals surface area contributed by atoms with Gasteiger partial charge in [0.05, 0.1) is 11.4 Å². The molecule has 0 bridgehead atoms. The van der Waals surface area contributed by atoms with E-state index in [0.29, 0.717) is 0 Å². The fourth-order valence-electron chi connectivity index (χ4n) is 1.54. The monoisotopic (exact) mass is 177 g/mol. The van der Waals surface area contributed by atoms with E-state index in [4.69, 9.17) is 5.73 Å². The van der Waals surface area contributed by atoms with Gasteiger partial charge in [0.25, 0.3) is 0 Å². The van der Waals surface area contributed by atoms with Crippen LogP contribution in [0.2, 0.25) is 0 Å². The Bertz CT molecular complexity index is 331. The summed E-state index contributed by atoms with van der Waals surface area (Å²) in [6.07, 6.45) is 0. The minimum absolute atomic E-state index is 0.0980. The van der Waals surface area contributed by atoms with Crippen LogP contribution in [0.3, 0.4) is 0 Å². The van der Waals surface area contributed by atoms with Crippen LogP contribution in [0.15, 0.2) is 18.2 Å². The SMILES string of the molecule is CC1(C)CNc2ccc(N)cc2N1. The number of hydrogen-bond donors (Lipinski definition) is 3. The van der Waals surface area contributed by atoms with Crippen LogP contribution in [0.5, 0.6) is 0 Å². The number of nitrogens with one attached hydrogen (secondary N) is 2. The van der Waals surface area contributed by atoms with Gasteiger partial charge in [-0.25, -0.2) is 0 Å². The highest BCUT2D eigenvalue weighted by Gasteiger charge is 2.23. The molecule has 1 aromatic rings. The fourth-order valence-corrected chi connectivity index (χ4v) is 1.54. The second kappa shape index (κ2) is 2.55. The molecule has 0 aliphatic carbocycles. The molecule has 0 radical (unpaired) electrons. The van der Waals surface area contributed by atoms with Gasteiger partial charge in [-0.05, 0) is 32.0 Å². The van der Waals surface area contributed by atoms with Crippen LogP contribution >= 0.6 is 0 Å². The lowest BCUT2D eigenvalue weighted by molar-refractivity contribution is 0.589. The Morgan fingerprint density at radius 1 is 1.31 bits per heavy atom. The van der Waals surface area contributed by atoms with Crippen LogP contribution < -0.4 is 16.4 Å². The van der Waals surface area contributed by atoms with Crippen molar-refractivity contribution in [3.8, 4) is 0 Å². The number of anilines is 3. The van der Waals surface area contributed by atoms with Crippen molar-refractivity contribution < 1.29 is 0 Å². The molecule has 3 nitrogen and oxygen atoms in total. The van der Waals surface area contributed by atoms with Crippen LogP contribution in [-0.2, 0) is 0 Å². The third-order valence-electron chi connectivity index (χ3n) is 2.24. The first-order chi connectivity index (χ1) is 6.07. The molecule has 0 saturated heterocycles.